The molecule has 0 aromatic heterocycles. The topological polar surface area (TPSA) is 0 Å². The van der Waals surface area contributed by atoms with E-state index in [2.05, 4.69) is 55.4 Å². The van der Waals surface area contributed by atoms with E-state index in [0.717, 1.165) is 23.7 Å². The largest absolute Gasteiger partial charge is 0.0654 e. The summed E-state index contributed by atoms with van der Waals surface area (Å²) >= 11 is 0. The molecule has 28 heavy (non-hydrogen) atoms. The van der Waals surface area contributed by atoms with Crippen LogP contribution >= 0.6 is 0 Å². The second kappa shape index (κ2) is 16.8. The third-order valence-corrected chi connectivity index (χ3v) is 7.26. The van der Waals surface area contributed by atoms with E-state index in [1.54, 1.807) is 0 Å². The van der Waals surface area contributed by atoms with Crippen LogP contribution in [0, 0.1) is 29.1 Å². The van der Waals surface area contributed by atoms with Crippen molar-refractivity contribution in [1.29, 1.82) is 0 Å². The first-order chi connectivity index (χ1) is 13.2. The van der Waals surface area contributed by atoms with Crippen molar-refractivity contribution in [2.45, 2.75) is 152 Å². The van der Waals surface area contributed by atoms with Crippen LogP contribution in [0.3, 0.4) is 0 Å². The summed E-state index contributed by atoms with van der Waals surface area (Å²) in [4.78, 5) is 0. The van der Waals surface area contributed by atoms with Crippen LogP contribution in [0.15, 0.2) is 0 Å². The number of hydrogen-bond acceptors (Lipinski definition) is 0. The summed E-state index contributed by atoms with van der Waals surface area (Å²) in [5, 5.41) is 0. The van der Waals surface area contributed by atoms with E-state index in [1.165, 1.54) is 96.3 Å². The third kappa shape index (κ3) is 14.9. The normalized spacial score (nSPS) is 16.5. The van der Waals surface area contributed by atoms with Gasteiger partial charge in [-0.3, -0.25) is 0 Å². The molecule has 0 amide bonds. The zero-order valence-corrected chi connectivity index (χ0v) is 21.4. The molecule has 0 nitrogen and oxygen atoms in total. The van der Waals surface area contributed by atoms with Crippen molar-refractivity contribution < 1.29 is 0 Å². The molecule has 170 valence electrons. The van der Waals surface area contributed by atoms with Gasteiger partial charge in [-0.05, 0) is 54.8 Å². The first kappa shape index (κ1) is 28.0. The summed E-state index contributed by atoms with van der Waals surface area (Å²) in [5.41, 5.74) is 0.600. The molecule has 0 aliphatic carbocycles. The Balaban J connectivity index is 4.30. The van der Waals surface area contributed by atoms with Gasteiger partial charge >= 0.3 is 0 Å². The summed E-state index contributed by atoms with van der Waals surface area (Å²) in [6, 6.07) is 0. The molecule has 0 aromatic carbocycles. The standard InChI is InChI=1S/C28H58/c1-9-11-13-15-20-28(8,22-19-24(3)4)21-16-14-17-26(7)23-27(25(5)6)18-12-10-2/h24-27H,9-23H2,1-8H3. The smallest absolute Gasteiger partial charge is 0.0326 e. The molecule has 0 radical (unpaired) electrons. The molecule has 0 aliphatic heterocycles. The minimum atomic E-state index is 0.600. The first-order valence-corrected chi connectivity index (χ1v) is 13.2. The van der Waals surface area contributed by atoms with Crippen LogP contribution in [-0.2, 0) is 0 Å². The molecule has 0 heteroatoms. The van der Waals surface area contributed by atoms with Gasteiger partial charge in [-0.15, -0.1) is 0 Å². The van der Waals surface area contributed by atoms with Crippen LogP contribution in [0.5, 0.6) is 0 Å². The maximum atomic E-state index is 2.60. The highest BCUT2D eigenvalue weighted by Gasteiger charge is 2.24. The number of hydrogen-bond donors (Lipinski definition) is 0. The Kier molecular flexibility index (Phi) is 16.8. The van der Waals surface area contributed by atoms with Gasteiger partial charge in [0.15, 0.2) is 0 Å². The van der Waals surface area contributed by atoms with Crippen LogP contribution < -0.4 is 0 Å². The predicted molar refractivity (Wildman–Crippen MR) is 131 cm³/mol. The summed E-state index contributed by atoms with van der Waals surface area (Å²) in [6.45, 7) is 19.4. The van der Waals surface area contributed by atoms with Crippen LogP contribution in [0.1, 0.15) is 152 Å². The van der Waals surface area contributed by atoms with Gasteiger partial charge in [0.1, 0.15) is 0 Å². The lowest BCUT2D eigenvalue weighted by molar-refractivity contribution is 0.211. The first-order valence-electron chi connectivity index (χ1n) is 13.2. The Bertz CT molecular complexity index is 329. The van der Waals surface area contributed by atoms with Crippen molar-refractivity contribution in [3.05, 3.63) is 0 Å². The molecule has 0 saturated heterocycles. The fourth-order valence-electron chi connectivity index (χ4n) is 4.86. The van der Waals surface area contributed by atoms with Crippen LogP contribution in [-0.4, -0.2) is 0 Å². The molecule has 0 rings (SSSR count). The molecule has 0 spiro atoms. The second-order valence-corrected chi connectivity index (χ2v) is 11.3. The van der Waals surface area contributed by atoms with Crippen LogP contribution in [0.2, 0.25) is 0 Å². The van der Waals surface area contributed by atoms with E-state index in [1.807, 2.05) is 0 Å². The number of unbranched alkanes of at least 4 members (excludes halogenated alkanes) is 5. The average molecular weight is 395 g/mol. The lowest BCUT2D eigenvalue weighted by Crippen LogP contribution is -2.18. The highest BCUT2D eigenvalue weighted by atomic mass is 14.3. The van der Waals surface area contributed by atoms with Gasteiger partial charge in [-0.25, -0.2) is 0 Å². The van der Waals surface area contributed by atoms with Crippen molar-refractivity contribution in [3.8, 4) is 0 Å². The van der Waals surface area contributed by atoms with Gasteiger partial charge in [0.05, 0.1) is 0 Å². The maximum absolute atomic E-state index is 2.60. The van der Waals surface area contributed by atoms with E-state index >= 15 is 0 Å². The lowest BCUT2D eigenvalue weighted by atomic mass is 9.75. The zero-order chi connectivity index (χ0) is 21.4. The highest BCUT2D eigenvalue weighted by Crippen LogP contribution is 2.37. The fourth-order valence-corrected chi connectivity index (χ4v) is 4.86. The molecule has 0 heterocycles. The summed E-state index contributed by atoms with van der Waals surface area (Å²) in [5.74, 6) is 3.57. The SMILES string of the molecule is CCCCCCC(C)(CCCCC(C)CC(CCCC)C(C)C)CCC(C)C. The molecular formula is C28H58. The Morgan fingerprint density at radius 1 is 0.607 bits per heavy atom. The molecular weight excluding hydrogens is 336 g/mol. The molecule has 0 aliphatic rings. The minimum Gasteiger partial charge on any atom is -0.0654 e. The molecule has 0 saturated carbocycles. The van der Waals surface area contributed by atoms with E-state index in [4.69, 9.17) is 0 Å². The molecule has 3 unspecified atom stereocenters. The van der Waals surface area contributed by atoms with Gasteiger partial charge < -0.3 is 0 Å². The van der Waals surface area contributed by atoms with Gasteiger partial charge in [-0.1, -0.05) is 126 Å². The van der Waals surface area contributed by atoms with Crippen molar-refractivity contribution in [1.82, 2.24) is 0 Å². The molecule has 0 fully saturated rings. The summed E-state index contributed by atoms with van der Waals surface area (Å²) < 4.78 is 0. The molecule has 0 bridgehead atoms. The van der Waals surface area contributed by atoms with Gasteiger partial charge in [0, 0.05) is 0 Å². The molecule has 0 N–H and O–H groups in total. The highest BCUT2D eigenvalue weighted by molar-refractivity contribution is 4.76. The quantitative estimate of drug-likeness (QED) is 0.191. The molecule has 3 atom stereocenters. The van der Waals surface area contributed by atoms with Gasteiger partial charge in [0.25, 0.3) is 0 Å². The van der Waals surface area contributed by atoms with Crippen molar-refractivity contribution in [3.63, 3.8) is 0 Å². The summed E-state index contributed by atoms with van der Waals surface area (Å²) in [7, 11) is 0. The Morgan fingerprint density at radius 3 is 1.75 bits per heavy atom. The van der Waals surface area contributed by atoms with E-state index < -0.39 is 0 Å². The van der Waals surface area contributed by atoms with Crippen molar-refractivity contribution >= 4 is 0 Å². The fraction of sp³-hybridized carbons (Fsp3) is 1.00. The Labute approximate surface area is 181 Å². The maximum Gasteiger partial charge on any atom is -0.0326 e. The van der Waals surface area contributed by atoms with Crippen molar-refractivity contribution in [2.75, 3.05) is 0 Å². The van der Waals surface area contributed by atoms with Crippen molar-refractivity contribution in [2.24, 2.45) is 29.1 Å². The minimum absolute atomic E-state index is 0.600. The van der Waals surface area contributed by atoms with Crippen LogP contribution in [0.4, 0.5) is 0 Å². The second-order valence-electron chi connectivity index (χ2n) is 11.3. The van der Waals surface area contributed by atoms with E-state index in [-0.39, 0.29) is 0 Å². The lowest BCUT2D eigenvalue weighted by Gasteiger charge is -2.31. The van der Waals surface area contributed by atoms with E-state index in [9.17, 15) is 0 Å². The van der Waals surface area contributed by atoms with Crippen LogP contribution in [0.25, 0.3) is 0 Å². The predicted octanol–water partition coefficient (Wildman–Crippen LogP) is 10.4. The van der Waals surface area contributed by atoms with E-state index in [0.29, 0.717) is 5.41 Å². The Hall–Kier alpha value is 0. The average Bonchev–Trinajstić information content (AvgIpc) is 2.64. The molecule has 0 aromatic rings. The van der Waals surface area contributed by atoms with Gasteiger partial charge in [0.2, 0.25) is 0 Å². The summed E-state index contributed by atoms with van der Waals surface area (Å²) in [6.07, 6.45) is 21.5. The third-order valence-electron chi connectivity index (χ3n) is 7.26. The number of rotatable bonds is 19. The monoisotopic (exact) mass is 394 g/mol. The Morgan fingerprint density at radius 2 is 1.21 bits per heavy atom. The zero-order valence-electron chi connectivity index (χ0n) is 21.4. The van der Waals surface area contributed by atoms with Gasteiger partial charge in [-0.2, -0.15) is 0 Å².